The van der Waals surface area contributed by atoms with Gasteiger partial charge in [0.2, 0.25) is 0 Å². The molecule has 160 valence electrons. The molecule has 9 heteroatoms. The molecule has 7 nitrogen and oxygen atoms in total. The van der Waals surface area contributed by atoms with E-state index in [0.29, 0.717) is 11.3 Å². The fourth-order valence-electron chi connectivity index (χ4n) is 3.90. The SMILES string of the molecule is C[C@@H]1CN(C(=O)c2cccc(N)c2)CCN1C(=O)C(=O)c1c[nH]c2c(F)ccc(F)c12. The lowest BCUT2D eigenvalue weighted by Crippen LogP contribution is -2.56. The van der Waals surface area contributed by atoms with Gasteiger partial charge >= 0.3 is 0 Å². The highest BCUT2D eigenvalue weighted by Gasteiger charge is 2.34. The molecule has 1 aliphatic heterocycles. The zero-order valence-corrected chi connectivity index (χ0v) is 16.7. The van der Waals surface area contributed by atoms with Gasteiger partial charge < -0.3 is 20.5 Å². The molecule has 0 radical (unpaired) electrons. The number of carbonyl (C=O) groups excluding carboxylic acids is 3. The smallest absolute Gasteiger partial charge is 0.295 e. The van der Waals surface area contributed by atoms with Crippen LogP contribution in [0.4, 0.5) is 14.5 Å². The van der Waals surface area contributed by atoms with Gasteiger partial charge in [-0.3, -0.25) is 14.4 Å². The zero-order chi connectivity index (χ0) is 22.3. The number of hydrogen-bond acceptors (Lipinski definition) is 4. The van der Waals surface area contributed by atoms with Crippen molar-refractivity contribution in [3.8, 4) is 0 Å². The van der Waals surface area contributed by atoms with Crippen LogP contribution in [-0.4, -0.2) is 58.1 Å². The molecule has 0 aliphatic carbocycles. The topological polar surface area (TPSA) is 99.5 Å². The number of nitrogens with one attached hydrogen (secondary N) is 1. The van der Waals surface area contributed by atoms with Crippen molar-refractivity contribution in [1.29, 1.82) is 0 Å². The van der Waals surface area contributed by atoms with Gasteiger partial charge in [0.15, 0.2) is 0 Å². The number of halogens is 2. The minimum atomic E-state index is -0.932. The quantitative estimate of drug-likeness (QED) is 0.382. The third-order valence-electron chi connectivity index (χ3n) is 5.48. The van der Waals surface area contributed by atoms with Crippen molar-refractivity contribution in [2.75, 3.05) is 25.4 Å². The highest BCUT2D eigenvalue weighted by atomic mass is 19.1. The van der Waals surface area contributed by atoms with E-state index < -0.39 is 29.4 Å². The number of aromatic amines is 1. The van der Waals surface area contributed by atoms with Crippen molar-refractivity contribution in [2.24, 2.45) is 0 Å². The van der Waals surface area contributed by atoms with Crippen molar-refractivity contribution in [3.63, 3.8) is 0 Å². The second-order valence-corrected chi connectivity index (χ2v) is 7.53. The Bertz CT molecular complexity index is 1210. The molecule has 1 atom stereocenters. The Morgan fingerprint density at radius 2 is 1.84 bits per heavy atom. The predicted octanol–water partition coefficient (Wildman–Crippen LogP) is 2.58. The number of aromatic nitrogens is 1. The first-order chi connectivity index (χ1) is 14.8. The summed E-state index contributed by atoms with van der Waals surface area (Å²) in [6, 6.07) is 8.03. The summed E-state index contributed by atoms with van der Waals surface area (Å²) in [5, 5.41) is -0.249. The monoisotopic (exact) mass is 426 g/mol. The number of fused-ring (bicyclic) bond motifs is 1. The number of rotatable bonds is 3. The summed E-state index contributed by atoms with van der Waals surface area (Å²) in [5.74, 6) is -3.48. The van der Waals surface area contributed by atoms with Crippen LogP contribution in [0.1, 0.15) is 27.6 Å². The maximum Gasteiger partial charge on any atom is 0.295 e. The number of piperazine rings is 1. The lowest BCUT2D eigenvalue weighted by molar-refractivity contribution is -0.130. The summed E-state index contributed by atoms with van der Waals surface area (Å²) in [6.45, 7) is 2.32. The molecule has 2 amide bonds. The largest absolute Gasteiger partial charge is 0.399 e. The molecular weight excluding hydrogens is 406 g/mol. The zero-order valence-electron chi connectivity index (χ0n) is 16.7. The highest BCUT2D eigenvalue weighted by molar-refractivity contribution is 6.45. The number of anilines is 1. The summed E-state index contributed by atoms with van der Waals surface area (Å²) < 4.78 is 28.1. The number of nitrogens with two attached hydrogens (primary N) is 1. The van der Waals surface area contributed by atoms with Crippen LogP contribution in [0, 0.1) is 11.6 Å². The minimum absolute atomic E-state index is 0.138. The molecule has 0 bridgehead atoms. The fourth-order valence-corrected chi connectivity index (χ4v) is 3.90. The van der Waals surface area contributed by atoms with Crippen molar-refractivity contribution in [2.45, 2.75) is 13.0 Å². The van der Waals surface area contributed by atoms with Crippen molar-refractivity contribution in [1.82, 2.24) is 14.8 Å². The first-order valence-electron chi connectivity index (χ1n) is 9.73. The van der Waals surface area contributed by atoms with Gasteiger partial charge in [-0.25, -0.2) is 8.78 Å². The number of hydrogen-bond donors (Lipinski definition) is 2. The standard InChI is InChI=1S/C22H20F2N4O3/c1-12-11-27(21(30)13-3-2-4-14(25)9-13)7-8-28(12)22(31)20(29)15-10-26-19-17(24)6-5-16(23)18(15)19/h2-6,9-10,12,26H,7-8,11,25H2,1H3/t12-/m1/s1. The minimum Gasteiger partial charge on any atom is -0.399 e. The fraction of sp³-hybridized carbons (Fsp3) is 0.227. The summed E-state index contributed by atoms with van der Waals surface area (Å²) in [6.07, 6.45) is 1.14. The lowest BCUT2D eigenvalue weighted by Gasteiger charge is -2.39. The van der Waals surface area contributed by atoms with Crippen LogP contribution in [0.15, 0.2) is 42.6 Å². The lowest BCUT2D eigenvalue weighted by atomic mass is 10.1. The number of ketones is 1. The van der Waals surface area contributed by atoms with Crippen LogP contribution in [0.5, 0.6) is 0 Å². The van der Waals surface area contributed by atoms with Gasteiger partial charge in [0.1, 0.15) is 11.6 Å². The van der Waals surface area contributed by atoms with Gasteiger partial charge in [-0.2, -0.15) is 0 Å². The number of carbonyl (C=O) groups is 3. The number of H-pyrrole nitrogens is 1. The van der Waals surface area contributed by atoms with Crippen molar-refractivity contribution >= 4 is 34.2 Å². The third kappa shape index (κ3) is 3.63. The van der Waals surface area contributed by atoms with Gasteiger partial charge in [0, 0.05) is 48.5 Å². The second kappa shape index (κ2) is 7.82. The van der Waals surface area contributed by atoms with E-state index in [-0.39, 0.29) is 42.0 Å². The van der Waals surface area contributed by atoms with Gasteiger partial charge in [-0.15, -0.1) is 0 Å². The molecule has 0 unspecified atom stereocenters. The Balaban J connectivity index is 1.51. The molecule has 2 heterocycles. The molecule has 3 N–H and O–H groups in total. The Morgan fingerprint density at radius 3 is 2.55 bits per heavy atom. The highest BCUT2D eigenvalue weighted by Crippen LogP contribution is 2.25. The van der Waals surface area contributed by atoms with E-state index in [1.54, 1.807) is 36.1 Å². The van der Waals surface area contributed by atoms with Crippen LogP contribution < -0.4 is 5.73 Å². The van der Waals surface area contributed by atoms with Crippen LogP contribution in [-0.2, 0) is 4.79 Å². The van der Waals surface area contributed by atoms with E-state index in [1.165, 1.54) is 4.90 Å². The maximum atomic E-state index is 14.2. The van der Waals surface area contributed by atoms with Crippen LogP contribution in [0.25, 0.3) is 10.9 Å². The summed E-state index contributed by atoms with van der Waals surface area (Å²) in [4.78, 5) is 43.9. The number of Topliss-reactive ketones (excluding diaryl/α,β-unsaturated/α-hetero) is 1. The first kappa shape index (κ1) is 20.5. The molecule has 2 aromatic carbocycles. The number of nitrogen functional groups attached to an aromatic ring is 1. The molecule has 1 saturated heterocycles. The molecule has 1 fully saturated rings. The Kier molecular flexibility index (Phi) is 5.18. The van der Waals surface area contributed by atoms with E-state index in [0.717, 1.165) is 18.3 Å². The molecule has 31 heavy (non-hydrogen) atoms. The Hall–Kier alpha value is -3.75. The molecule has 1 aromatic heterocycles. The number of benzene rings is 2. The van der Waals surface area contributed by atoms with E-state index >= 15 is 0 Å². The molecule has 4 rings (SSSR count). The van der Waals surface area contributed by atoms with Crippen molar-refractivity contribution in [3.05, 3.63) is 65.4 Å². The van der Waals surface area contributed by atoms with E-state index in [9.17, 15) is 23.2 Å². The van der Waals surface area contributed by atoms with Gasteiger partial charge in [0.25, 0.3) is 17.6 Å². The summed E-state index contributed by atoms with van der Waals surface area (Å²) in [7, 11) is 0. The normalized spacial score (nSPS) is 16.5. The maximum absolute atomic E-state index is 14.2. The van der Waals surface area contributed by atoms with Crippen LogP contribution in [0.2, 0.25) is 0 Å². The van der Waals surface area contributed by atoms with Gasteiger partial charge in [-0.05, 0) is 37.3 Å². The van der Waals surface area contributed by atoms with Gasteiger partial charge in [-0.1, -0.05) is 6.07 Å². The van der Waals surface area contributed by atoms with E-state index in [2.05, 4.69) is 4.98 Å². The molecule has 1 aliphatic rings. The van der Waals surface area contributed by atoms with E-state index in [4.69, 9.17) is 5.73 Å². The Labute approximate surface area is 176 Å². The number of amides is 2. The molecule has 0 spiro atoms. The first-order valence-corrected chi connectivity index (χ1v) is 9.73. The second-order valence-electron chi connectivity index (χ2n) is 7.53. The summed E-state index contributed by atoms with van der Waals surface area (Å²) in [5.41, 5.74) is 6.27. The Morgan fingerprint density at radius 1 is 1.10 bits per heavy atom. The van der Waals surface area contributed by atoms with Crippen LogP contribution >= 0.6 is 0 Å². The van der Waals surface area contributed by atoms with E-state index in [1.807, 2.05) is 0 Å². The van der Waals surface area contributed by atoms with Crippen LogP contribution in [0.3, 0.4) is 0 Å². The van der Waals surface area contributed by atoms with Gasteiger partial charge in [0.05, 0.1) is 11.1 Å². The average Bonchev–Trinajstić information content (AvgIpc) is 3.21. The molecular formula is C22H20F2N4O3. The molecule has 0 saturated carbocycles. The summed E-state index contributed by atoms with van der Waals surface area (Å²) >= 11 is 0. The van der Waals surface area contributed by atoms with Crippen molar-refractivity contribution < 1.29 is 23.2 Å². The average molecular weight is 426 g/mol. The number of nitrogens with zero attached hydrogens (tertiary/aromatic N) is 2. The third-order valence-corrected chi connectivity index (χ3v) is 5.48. The predicted molar refractivity (Wildman–Crippen MR) is 110 cm³/mol. The molecule has 3 aromatic rings.